The van der Waals surface area contributed by atoms with E-state index in [0.717, 1.165) is 22.5 Å². The number of carbonyl (C=O) groups is 6. The number of nitrogens with two attached hydrogens (primary N) is 5. The van der Waals surface area contributed by atoms with E-state index in [9.17, 15) is 33.9 Å². The number of benzene rings is 3. The van der Waals surface area contributed by atoms with Gasteiger partial charge in [-0.3, -0.25) is 38.9 Å². The molecule has 22 heteroatoms. The molecule has 0 aliphatic carbocycles. The van der Waals surface area contributed by atoms with Crippen molar-refractivity contribution in [3.63, 3.8) is 0 Å². The Morgan fingerprint density at radius 1 is 0.736 bits per heavy atom. The number of hydrogen-bond acceptors (Lipinski definition) is 12. The molecule has 1 heterocycles. The van der Waals surface area contributed by atoms with Crippen LogP contribution in [0.15, 0.2) is 113 Å². The molecule has 0 spiro atoms. The number of aromatic nitrogens is 2. The third-order valence-corrected chi connectivity index (χ3v) is 10.6. The molecule has 3 aromatic carbocycles. The van der Waals surface area contributed by atoms with Crippen molar-refractivity contribution in [2.45, 2.75) is 77.0 Å². The molecule has 16 N–H and O–H groups in total. The summed E-state index contributed by atoms with van der Waals surface area (Å²) in [7, 11) is 0. The summed E-state index contributed by atoms with van der Waals surface area (Å²) in [6, 6.07) is 20.7. The molecule has 4 rings (SSSR count). The van der Waals surface area contributed by atoms with Crippen molar-refractivity contribution in [3.8, 4) is 0 Å². The quantitative estimate of drug-likeness (QED) is 0.0127. The van der Waals surface area contributed by atoms with Crippen LogP contribution in [0.3, 0.4) is 0 Å². The Balaban J connectivity index is 1.40. The van der Waals surface area contributed by atoms with Gasteiger partial charge in [-0.25, -0.2) is 14.8 Å². The van der Waals surface area contributed by atoms with Crippen LogP contribution in [-0.2, 0) is 30.5 Å². The third-order valence-electron chi connectivity index (χ3n) is 10.6. The van der Waals surface area contributed by atoms with Gasteiger partial charge in [0.15, 0.2) is 11.9 Å². The number of rotatable bonds is 28. The van der Waals surface area contributed by atoms with Crippen LogP contribution in [0.1, 0.15) is 71.4 Å². The normalized spacial score (nSPS) is 12.2. The summed E-state index contributed by atoms with van der Waals surface area (Å²) in [6.07, 6.45) is 7.85. The number of nitrogens with zero attached hydrogens (tertiary/aromatic N) is 5. The first kappa shape index (κ1) is 55.9. The highest BCUT2D eigenvalue weighted by Gasteiger charge is 2.26. The standard InChI is InChI=1S/C50H65N15O7/c1-32-28-33(2)61-50(60-32)58-27-13-23-41(47(71)72)63-42(66)24-9-8-15-34-14-6-7-18-36(34)30-59-43(67)31-65(46(70)35-16-4-3-5-17-35)38-20-10-19-37(29-38)62-45(69)40(22-12-26-57-49(54)55)64-44(68)39(51)21-11-25-56-48(52)53/h3-10,14-20,24,28-29,39-41H,11-13,21-23,25-27,30-31,51H2,1-2H3,(H,59,67)(H,62,69)(H,63,66)(H,64,68)(H,71,72)(H4,52,53,56)(H4,54,55,57)(H,58,60,61)/b15-8+,24-9+/t39-,40-,41?/m0/s1. The van der Waals surface area contributed by atoms with Crippen molar-refractivity contribution in [3.05, 3.63) is 131 Å². The minimum absolute atomic E-state index is 0.0774. The molecule has 0 radical (unpaired) electrons. The Morgan fingerprint density at radius 2 is 1.39 bits per heavy atom. The van der Waals surface area contributed by atoms with Gasteiger partial charge in [0, 0.05) is 60.6 Å². The molecule has 72 heavy (non-hydrogen) atoms. The highest BCUT2D eigenvalue weighted by molar-refractivity contribution is 6.09. The Labute approximate surface area is 418 Å². The number of nitrogens with one attached hydrogen (secondary N) is 5. The predicted molar refractivity (Wildman–Crippen MR) is 278 cm³/mol. The zero-order chi connectivity index (χ0) is 52.4. The summed E-state index contributed by atoms with van der Waals surface area (Å²) >= 11 is 0. The average Bonchev–Trinajstić information content (AvgIpc) is 3.34. The van der Waals surface area contributed by atoms with Gasteiger partial charge >= 0.3 is 5.97 Å². The smallest absolute Gasteiger partial charge is 0.326 e. The van der Waals surface area contributed by atoms with E-state index in [2.05, 4.69) is 46.5 Å². The van der Waals surface area contributed by atoms with Crippen LogP contribution in [0.4, 0.5) is 17.3 Å². The second kappa shape index (κ2) is 29.4. The van der Waals surface area contributed by atoms with E-state index < -0.39 is 60.2 Å². The van der Waals surface area contributed by atoms with E-state index >= 15 is 0 Å². The fraction of sp³-hybridized carbons (Fsp3) is 0.320. The molecule has 4 aromatic rings. The number of aliphatic imine (C=N–C) groups is 2. The minimum atomic E-state index is -1.16. The second-order valence-electron chi connectivity index (χ2n) is 16.5. The van der Waals surface area contributed by atoms with Crippen LogP contribution >= 0.6 is 0 Å². The van der Waals surface area contributed by atoms with Gasteiger partial charge in [-0.2, -0.15) is 0 Å². The van der Waals surface area contributed by atoms with Crippen LogP contribution in [-0.4, -0.2) is 107 Å². The Morgan fingerprint density at radius 3 is 2.07 bits per heavy atom. The van der Waals surface area contributed by atoms with Crippen molar-refractivity contribution < 1.29 is 33.9 Å². The van der Waals surface area contributed by atoms with Gasteiger partial charge in [-0.05, 0) is 99.9 Å². The molecule has 0 fully saturated rings. The fourth-order valence-corrected chi connectivity index (χ4v) is 7.04. The van der Waals surface area contributed by atoms with Gasteiger partial charge < -0.3 is 60.4 Å². The van der Waals surface area contributed by atoms with E-state index in [0.29, 0.717) is 43.0 Å². The predicted octanol–water partition coefficient (Wildman–Crippen LogP) is 1.95. The van der Waals surface area contributed by atoms with E-state index in [4.69, 9.17) is 28.7 Å². The summed E-state index contributed by atoms with van der Waals surface area (Å²) in [5.41, 5.74) is 31.8. The first-order valence-corrected chi connectivity index (χ1v) is 23.2. The number of carboxylic acid groups (broad SMARTS) is 1. The van der Waals surface area contributed by atoms with Gasteiger partial charge in [0.25, 0.3) is 5.91 Å². The van der Waals surface area contributed by atoms with Crippen molar-refractivity contribution in [1.82, 2.24) is 25.9 Å². The fourth-order valence-electron chi connectivity index (χ4n) is 7.04. The van der Waals surface area contributed by atoms with E-state index in [1.807, 2.05) is 38.1 Å². The van der Waals surface area contributed by atoms with Gasteiger partial charge in [0.1, 0.15) is 18.6 Å². The van der Waals surface area contributed by atoms with Crippen LogP contribution < -0.4 is 60.2 Å². The van der Waals surface area contributed by atoms with E-state index in [1.54, 1.807) is 66.7 Å². The number of carboxylic acids is 1. The van der Waals surface area contributed by atoms with E-state index in [-0.39, 0.29) is 56.5 Å². The lowest BCUT2D eigenvalue weighted by molar-refractivity contribution is -0.141. The Hall–Kier alpha value is -8.66. The third kappa shape index (κ3) is 20.1. The topological polar surface area (TPSA) is 367 Å². The molecule has 22 nitrogen and oxygen atoms in total. The Kier molecular flexibility index (Phi) is 22.8. The molecule has 0 saturated carbocycles. The molecule has 0 saturated heterocycles. The zero-order valence-electron chi connectivity index (χ0n) is 40.4. The number of allylic oxidation sites excluding steroid dienone is 2. The van der Waals surface area contributed by atoms with Crippen molar-refractivity contribution in [2.24, 2.45) is 38.7 Å². The summed E-state index contributed by atoms with van der Waals surface area (Å²) in [5, 5.41) is 23.7. The maximum absolute atomic E-state index is 14.0. The van der Waals surface area contributed by atoms with Crippen molar-refractivity contribution in [1.29, 1.82) is 0 Å². The molecule has 0 bridgehead atoms. The lowest BCUT2D eigenvalue weighted by Gasteiger charge is -2.24. The molecule has 1 aromatic heterocycles. The van der Waals surface area contributed by atoms with Gasteiger partial charge in [0.2, 0.25) is 29.6 Å². The number of aryl methyl sites for hydroxylation is 2. The van der Waals surface area contributed by atoms with Crippen molar-refractivity contribution in [2.75, 3.05) is 41.7 Å². The molecule has 0 aliphatic heterocycles. The van der Waals surface area contributed by atoms with Crippen LogP contribution in [0.25, 0.3) is 6.08 Å². The minimum Gasteiger partial charge on any atom is -0.480 e. The summed E-state index contributed by atoms with van der Waals surface area (Å²) in [5.74, 6) is -3.61. The van der Waals surface area contributed by atoms with Crippen LogP contribution in [0.5, 0.6) is 0 Å². The molecular weight excluding hydrogens is 923 g/mol. The SMILES string of the molecule is Cc1cc(C)nc(NCCCC(NC(=O)/C=C/C=C/c2ccccc2CNC(=O)CN(C(=O)c2ccccc2)c2cccc(NC(=O)[C@H](CCCN=C(N)N)NC(=O)[C@@H](N)CCCN=C(N)N)c2)C(=O)O)n1. The zero-order valence-corrected chi connectivity index (χ0v) is 40.4. The summed E-state index contributed by atoms with van der Waals surface area (Å²) in [6.45, 7) is 4.28. The number of hydrogen-bond donors (Lipinski definition) is 11. The number of anilines is 3. The number of aliphatic carboxylic acids is 1. The monoisotopic (exact) mass is 988 g/mol. The van der Waals surface area contributed by atoms with Gasteiger partial charge in [-0.15, -0.1) is 0 Å². The lowest BCUT2D eigenvalue weighted by Crippen LogP contribution is -2.50. The van der Waals surface area contributed by atoms with Crippen molar-refractivity contribution >= 4 is 70.8 Å². The summed E-state index contributed by atoms with van der Waals surface area (Å²) in [4.78, 5) is 96.9. The molecular formula is C50H65N15O7. The lowest BCUT2D eigenvalue weighted by atomic mass is 10.1. The first-order chi connectivity index (χ1) is 34.5. The maximum Gasteiger partial charge on any atom is 0.326 e. The molecule has 5 amide bonds. The average molecular weight is 988 g/mol. The highest BCUT2D eigenvalue weighted by atomic mass is 16.4. The summed E-state index contributed by atoms with van der Waals surface area (Å²) < 4.78 is 0. The van der Waals surface area contributed by atoms with Crippen LogP contribution in [0.2, 0.25) is 0 Å². The van der Waals surface area contributed by atoms with E-state index in [1.165, 1.54) is 23.1 Å². The van der Waals surface area contributed by atoms with Gasteiger partial charge in [0.05, 0.1) is 6.04 Å². The van der Waals surface area contributed by atoms with Crippen LogP contribution in [0, 0.1) is 13.8 Å². The number of amides is 5. The second-order valence-corrected chi connectivity index (χ2v) is 16.5. The highest BCUT2D eigenvalue weighted by Crippen LogP contribution is 2.23. The molecule has 0 aliphatic rings. The Bertz CT molecular complexity index is 2580. The van der Waals surface area contributed by atoms with Gasteiger partial charge in [-0.1, -0.05) is 66.8 Å². The first-order valence-electron chi connectivity index (χ1n) is 23.2. The number of carbonyl (C=O) groups excluding carboxylic acids is 5. The number of guanidine groups is 2. The maximum atomic E-state index is 14.0. The molecule has 1 unspecified atom stereocenters. The molecule has 382 valence electrons. The largest absolute Gasteiger partial charge is 0.480 e. The molecule has 3 atom stereocenters.